The van der Waals surface area contributed by atoms with E-state index in [9.17, 15) is 4.79 Å². The fourth-order valence-electron chi connectivity index (χ4n) is 1.95. The van der Waals surface area contributed by atoms with Gasteiger partial charge in [0, 0.05) is 25.6 Å². The number of allylic oxidation sites excluding steroid dienone is 1. The third-order valence-corrected chi connectivity index (χ3v) is 3.71. The molecule has 102 valence electrons. The van der Waals surface area contributed by atoms with Crippen LogP contribution in [0.5, 0.6) is 0 Å². The Morgan fingerprint density at radius 2 is 2.37 bits per heavy atom. The second kappa shape index (κ2) is 6.04. The standard InChI is InChI=1S/C14H18N2O2S/c1-10(2)9-16-12(13(17)15-5-6-18-3)8-11-4-7-19-14(11)16/h4,7-8H,1,5-6,9H2,2-3H3,(H,15,17). The van der Waals surface area contributed by atoms with Gasteiger partial charge < -0.3 is 14.6 Å². The number of hydrogen-bond acceptors (Lipinski definition) is 3. The molecule has 2 heterocycles. The molecule has 2 aromatic rings. The molecule has 0 unspecified atom stereocenters. The van der Waals surface area contributed by atoms with Crippen LogP contribution < -0.4 is 5.32 Å². The number of fused-ring (bicyclic) bond motifs is 1. The molecule has 19 heavy (non-hydrogen) atoms. The Hall–Kier alpha value is -1.59. The SMILES string of the molecule is C=C(C)Cn1c(C(=O)NCCOC)cc2ccsc21. The molecule has 1 amide bonds. The third-order valence-electron chi connectivity index (χ3n) is 2.75. The van der Waals surface area contributed by atoms with Gasteiger partial charge in [-0.2, -0.15) is 0 Å². The lowest BCUT2D eigenvalue weighted by Gasteiger charge is -2.10. The van der Waals surface area contributed by atoms with Gasteiger partial charge >= 0.3 is 0 Å². The van der Waals surface area contributed by atoms with E-state index in [1.54, 1.807) is 18.4 Å². The number of nitrogens with one attached hydrogen (secondary N) is 1. The number of aromatic nitrogens is 1. The van der Waals surface area contributed by atoms with E-state index in [1.165, 1.54) is 0 Å². The summed E-state index contributed by atoms with van der Waals surface area (Å²) in [5.41, 5.74) is 1.71. The molecule has 2 aromatic heterocycles. The Balaban J connectivity index is 2.27. The molecule has 0 saturated carbocycles. The lowest BCUT2D eigenvalue weighted by Crippen LogP contribution is -2.29. The molecule has 2 rings (SSSR count). The summed E-state index contributed by atoms with van der Waals surface area (Å²) in [6.07, 6.45) is 0. The summed E-state index contributed by atoms with van der Waals surface area (Å²) in [7, 11) is 1.62. The molecular weight excluding hydrogens is 260 g/mol. The van der Waals surface area contributed by atoms with Crippen molar-refractivity contribution in [2.24, 2.45) is 0 Å². The summed E-state index contributed by atoms with van der Waals surface area (Å²) in [5, 5.41) is 5.99. The highest BCUT2D eigenvalue weighted by Gasteiger charge is 2.15. The van der Waals surface area contributed by atoms with Gasteiger partial charge in [-0.15, -0.1) is 11.3 Å². The molecule has 5 heteroatoms. The number of nitrogens with zero attached hydrogens (tertiary/aromatic N) is 1. The minimum Gasteiger partial charge on any atom is -0.383 e. The van der Waals surface area contributed by atoms with Gasteiger partial charge in [0.05, 0.1) is 6.61 Å². The second-order valence-electron chi connectivity index (χ2n) is 4.50. The van der Waals surface area contributed by atoms with Crippen LogP contribution in [0.4, 0.5) is 0 Å². The van der Waals surface area contributed by atoms with Crippen LogP contribution in [-0.2, 0) is 11.3 Å². The van der Waals surface area contributed by atoms with Gasteiger partial charge in [0.25, 0.3) is 5.91 Å². The first kappa shape index (κ1) is 13.8. The first-order valence-electron chi connectivity index (χ1n) is 6.11. The molecule has 0 fully saturated rings. The van der Waals surface area contributed by atoms with Crippen LogP contribution in [0.15, 0.2) is 29.7 Å². The lowest BCUT2D eigenvalue weighted by molar-refractivity contribution is 0.0929. The smallest absolute Gasteiger partial charge is 0.268 e. The highest BCUT2D eigenvalue weighted by molar-refractivity contribution is 7.16. The van der Waals surface area contributed by atoms with Crippen molar-refractivity contribution < 1.29 is 9.53 Å². The number of ether oxygens (including phenoxy) is 1. The maximum absolute atomic E-state index is 12.2. The Bertz CT molecular complexity index is 598. The molecular formula is C14H18N2O2S. The van der Waals surface area contributed by atoms with Gasteiger partial charge in [-0.3, -0.25) is 4.79 Å². The number of amides is 1. The average molecular weight is 278 g/mol. The third kappa shape index (κ3) is 3.05. The highest BCUT2D eigenvalue weighted by atomic mass is 32.1. The Kier molecular flexibility index (Phi) is 4.39. The minimum absolute atomic E-state index is 0.0679. The predicted octanol–water partition coefficient (Wildman–Crippen LogP) is 2.66. The van der Waals surface area contributed by atoms with Crippen molar-refractivity contribution in [3.8, 4) is 0 Å². The second-order valence-corrected chi connectivity index (χ2v) is 5.40. The number of carbonyl (C=O) groups excluding carboxylic acids is 1. The topological polar surface area (TPSA) is 43.3 Å². The molecule has 0 aromatic carbocycles. The van der Waals surface area contributed by atoms with Crippen molar-refractivity contribution >= 4 is 27.5 Å². The number of hydrogen-bond donors (Lipinski definition) is 1. The van der Waals surface area contributed by atoms with E-state index in [4.69, 9.17) is 4.74 Å². The monoisotopic (exact) mass is 278 g/mol. The molecule has 0 bridgehead atoms. The molecule has 4 nitrogen and oxygen atoms in total. The van der Waals surface area contributed by atoms with Crippen LogP contribution in [0.25, 0.3) is 10.2 Å². The van der Waals surface area contributed by atoms with E-state index in [1.807, 2.05) is 29.0 Å². The van der Waals surface area contributed by atoms with Crippen molar-refractivity contribution in [3.63, 3.8) is 0 Å². The molecule has 0 atom stereocenters. The summed E-state index contributed by atoms with van der Waals surface area (Å²) >= 11 is 1.64. The van der Waals surface area contributed by atoms with Gasteiger partial charge in [-0.05, 0) is 24.4 Å². The van der Waals surface area contributed by atoms with E-state index in [-0.39, 0.29) is 5.91 Å². The maximum Gasteiger partial charge on any atom is 0.268 e. The summed E-state index contributed by atoms with van der Waals surface area (Å²) < 4.78 is 6.95. The van der Waals surface area contributed by atoms with Crippen molar-refractivity contribution in [1.29, 1.82) is 0 Å². The molecule has 0 saturated heterocycles. The average Bonchev–Trinajstić information content (AvgIpc) is 2.91. The number of carbonyl (C=O) groups is 1. The first-order valence-corrected chi connectivity index (χ1v) is 6.99. The summed E-state index contributed by atoms with van der Waals surface area (Å²) in [5.74, 6) is -0.0679. The number of rotatable bonds is 6. The number of thiophene rings is 1. The van der Waals surface area contributed by atoms with Crippen LogP contribution in [-0.4, -0.2) is 30.7 Å². The van der Waals surface area contributed by atoms with Crippen molar-refractivity contribution in [2.75, 3.05) is 20.3 Å². The quantitative estimate of drug-likeness (QED) is 0.652. The van der Waals surface area contributed by atoms with Crippen LogP contribution in [0, 0.1) is 0 Å². The first-order chi connectivity index (χ1) is 9.13. The Labute approximate surface area is 116 Å². The molecule has 0 spiro atoms. The van der Waals surface area contributed by atoms with E-state index in [0.29, 0.717) is 25.4 Å². The van der Waals surface area contributed by atoms with Gasteiger partial charge in [-0.1, -0.05) is 12.2 Å². The van der Waals surface area contributed by atoms with Crippen molar-refractivity contribution in [2.45, 2.75) is 13.5 Å². The largest absolute Gasteiger partial charge is 0.383 e. The summed E-state index contributed by atoms with van der Waals surface area (Å²) in [6.45, 7) is 7.59. The molecule has 1 N–H and O–H groups in total. The lowest BCUT2D eigenvalue weighted by atomic mass is 10.3. The van der Waals surface area contributed by atoms with Crippen LogP contribution >= 0.6 is 11.3 Å². The van der Waals surface area contributed by atoms with Gasteiger partial charge in [0.15, 0.2) is 0 Å². The summed E-state index contributed by atoms with van der Waals surface area (Å²) in [4.78, 5) is 13.3. The molecule has 0 aliphatic rings. The number of methoxy groups -OCH3 is 1. The highest BCUT2D eigenvalue weighted by Crippen LogP contribution is 2.26. The fraction of sp³-hybridized carbons (Fsp3) is 0.357. The van der Waals surface area contributed by atoms with E-state index >= 15 is 0 Å². The van der Waals surface area contributed by atoms with Crippen LogP contribution in [0.2, 0.25) is 0 Å². The Morgan fingerprint density at radius 3 is 3.05 bits per heavy atom. The predicted molar refractivity (Wildman–Crippen MR) is 78.8 cm³/mol. The molecule has 0 aliphatic carbocycles. The molecule has 0 aliphatic heterocycles. The van der Waals surface area contributed by atoms with Gasteiger partial charge in [-0.25, -0.2) is 0 Å². The normalized spacial score (nSPS) is 10.8. The van der Waals surface area contributed by atoms with Crippen molar-refractivity contribution in [1.82, 2.24) is 9.88 Å². The van der Waals surface area contributed by atoms with Crippen LogP contribution in [0.1, 0.15) is 17.4 Å². The van der Waals surface area contributed by atoms with Gasteiger partial charge in [0.2, 0.25) is 0 Å². The fourth-order valence-corrected chi connectivity index (χ4v) is 2.84. The zero-order valence-electron chi connectivity index (χ0n) is 11.2. The summed E-state index contributed by atoms with van der Waals surface area (Å²) in [6, 6.07) is 3.96. The zero-order chi connectivity index (χ0) is 13.8. The van der Waals surface area contributed by atoms with E-state index in [0.717, 1.165) is 15.8 Å². The minimum atomic E-state index is -0.0679. The van der Waals surface area contributed by atoms with E-state index in [2.05, 4.69) is 11.9 Å². The maximum atomic E-state index is 12.2. The van der Waals surface area contributed by atoms with E-state index < -0.39 is 0 Å². The van der Waals surface area contributed by atoms with Crippen molar-refractivity contribution in [3.05, 3.63) is 35.4 Å². The zero-order valence-corrected chi connectivity index (χ0v) is 12.0. The Morgan fingerprint density at radius 1 is 1.58 bits per heavy atom. The van der Waals surface area contributed by atoms with Gasteiger partial charge in [0.1, 0.15) is 10.5 Å². The van der Waals surface area contributed by atoms with Crippen LogP contribution in [0.3, 0.4) is 0 Å². The molecule has 0 radical (unpaired) electrons.